The van der Waals surface area contributed by atoms with Gasteiger partial charge in [0.15, 0.2) is 0 Å². The number of carboxylic acids is 1. The topological polar surface area (TPSA) is 67.2 Å². The molecule has 1 aromatic heterocycles. The SMILES string of the molecule is CNC(C)(CCCn1cc(-c2ccccc2)cn1)C(=O)O. The van der Waals surface area contributed by atoms with Gasteiger partial charge in [-0.05, 0) is 32.4 Å². The fourth-order valence-electron chi connectivity index (χ4n) is 2.20. The van der Waals surface area contributed by atoms with E-state index < -0.39 is 11.5 Å². The Labute approximate surface area is 124 Å². The molecule has 2 rings (SSSR count). The number of carbonyl (C=O) groups is 1. The molecule has 5 heteroatoms. The van der Waals surface area contributed by atoms with Crippen LogP contribution in [-0.2, 0) is 11.3 Å². The van der Waals surface area contributed by atoms with Crippen molar-refractivity contribution >= 4 is 5.97 Å². The van der Waals surface area contributed by atoms with Gasteiger partial charge in [-0.15, -0.1) is 0 Å². The van der Waals surface area contributed by atoms with Gasteiger partial charge >= 0.3 is 5.97 Å². The van der Waals surface area contributed by atoms with Gasteiger partial charge in [0.2, 0.25) is 0 Å². The first kappa shape index (κ1) is 15.3. The molecule has 1 atom stereocenters. The summed E-state index contributed by atoms with van der Waals surface area (Å²) in [5.74, 6) is -0.824. The summed E-state index contributed by atoms with van der Waals surface area (Å²) in [6, 6.07) is 10.1. The monoisotopic (exact) mass is 287 g/mol. The molecule has 0 aliphatic heterocycles. The molecule has 0 fully saturated rings. The zero-order valence-electron chi connectivity index (χ0n) is 12.4. The third kappa shape index (κ3) is 3.70. The molecule has 21 heavy (non-hydrogen) atoms. The molecule has 5 nitrogen and oxygen atoms in total. The van der Waals surface area contributed by atoms with Gasteiger partial charge in [-0.2, -0.15) is 5.10 Å². The van der Waals surface area contributed by atoms with Crippen molar-refractivity contribution in [3.8, 4) is 11.1 Å². The molecule has 0 aliphatic carbocycles. The molecule has 1 heterocycles. The van der Waals surface area contributed by atoms with Crippen molar-refractivity contribution in [2.45, 2.75) is 31.8 Å². The standard InChI is InChI=1S/C16H21N3O2/c1-16(17-2,15(20)21)9-6-10-19-12-14(11-18-19)13-7-4-3-5-8-13/h3-5,7-8,11-12,17H,6,9-10H2,1-2H3,(H,20,21). The van der Waals surface area contributed by atoms with Crippen LogP contribution in [0.5, 0.6) is 0 Å². The lowest BCUT2D eigenvalue weighted by Crippen LogP contribution is -2.47. The van der Waals surface area contributed by atoms with E-state index in [4.69, 9.17) is 0 Å². The van der Waals surface area contributed by atoms with Crippen molar-refractivity contribution in [1.29, 1.82) is 0 Å². The van der Waals surface area contributed by atoms with E-state index in [0.29, 0.717) is 13.0 Å². The first-order valence-electron chi connectivity index (χ1n) is 7.05. The van der Waals surface area contributed by atoms with Crippen LogP contribution < -0.4 is 5.32 Å². The summed E-state index contributed by atoms with van der Waals surface area (Å²) in [6.45, 7) is 2.41. The van der Waals surface area contributed by atoms with Gasteiger partial charge in [0.25, 0.3) is 0 Å². The van der Waals surface area contributed by atoms with Gasteiger partial charge in [-0.25, -0.2) is 0 Å². The predicted molar refractivity (Wildman–Crippen MR) is 82.0 cm³/mol. The van der Waals surface area contributed by atoms with E-state index in [0.717, 1.165) is 17.5 Å². The van der Waals surface area contributed by atoms with Crippen molar-refractivity contribution < 1.29 is 9.90 Å². The van der Waals surface area contributed by atoms with Gasteiger partial charge in [0.1, 0.15) is 5.54 Å². The van der Waals surface area contributed by atoms with Crippen molar-refractivity contribution in [1.82, 2.24) is 15.1 Å². The van der Waals surface area contributed by atoms with Gasteiger partial charge in [0, 0.05) is 18.3 Å². The Balaban J connectivity index is 1.93. The number of aromatic nitrogens is 2. The molecule has 0 saturated heterocycles. The summed E-state index contributed by atoms with van der Waals surface area (Å²) in [7, 11) is 1.68. The first-order chi connectivity index (χ1) is 10.0. The van der Waals surface area contributed by atoms with Crippen LogP contribution in [0.1, 0.15) is 19.8 Å². The van der Waals surface area contributed by atoms with Crippen LogP contribution in [0.2, 0.25) is 0 Å². The highest BCUT2D eigenvalue weighted by Gasteiger charge is 2.30. The number of hydrogen-bond acceptors (Lipinski definition) is 3. The van der Waals surface area contributed by atoms with E-state index in [1.54, 1.807) is 14.0 Å². The third-order valence-corrected chi connectivity index (χ3v) is 3.83. The van der Waals surface area contributed by atoms with E-state index in [2.05, 4.69) is 10.4 Å². The van der Waals surface area contributed by atoms with Crippen LogP contribution in [0.3, 0.4) is 0 Å². The number of aryl methyl sites for hydroxylation is 1. The molecule has 0 radical (unpaired) electrons. The van der Waals surface area contributed by atoms with Gasteiger partial charge in [-0.3, -0.25) is 9.48 Å². The van der Waals surface area contributed by atoms with Crippen LogP contribution in [-0.4, -0.2) is 33.4 Å². The Morgan fingerprint density at radius 1 is 1.33 bits per heavy atom. The van der Waals surface area contributed by atoms with E-state index in [-0.39, 0.29) is 0 Å². The van der Waals surface area contributed by atoms with Crippen LogP contribution in [0.25, 0.3) is 11.1 Å². The van der Waals surface area contributed by atoms with E-state index >= 15 is 0 Å². The number of nitrogens with zero attached hydrogens (tertiary/aromatic N) is 2. The lowest BCUT2D eigenvalue weighted by Gasteiger charge is -2.23. The number of hydrogen-bond donors (Lipinski definition) is 2. The quantitative estimate of drug-likeness (QED) is 0.820. The van der Waals surface area contributed by atoms with Crippen LogP contribution >= 0.6 is 0 Å². The summed E-state index contributed by atoms with van der Waals surface area (Å²) in [6.07, 6.45) is 5.13. The summed E-state index contributed by atoms with van der Waals surface area (Å²) < 4.78 is 1.86. The van der Waals surface area contributed by atoms with Gasteiger partial charge in [-0.1, -0.05) is 30.3 Å². The molecule has 1 aromatic carbocycles. The highest BCUT2D eigenvalue weighted by atomic mass is 16.4. The van der Waals surface area contributed by atoms with Crippen LogP contribution in [0, 0.1) is 0 Å². The number of aliphatic carboxylic acids is 1. The second kappa shape index (κ2) is 6.54. The average Bonchev–Trinajstić information content (AvgIpc) is 2.96. The normalized spacial score (nSPS) is 13.8. The molecule has 0 bridgehead atoms. The molecule has 0 saturated carbocycles. The molecule has 112 valence electrons. The Morgan fingerprint density at radius 2 is 2.05 bits per heavy atom. The summed E-state index contributed by atoms with van der Waals surface area (Å²) >= 11 is 0. The Bertz CT molecular complexity index is 595. The molecule has 0 amide bonds. The third-order valence-electron chi connectivity index (χ3n) is 3.83. The zero-order chi connectivity index (χ0) is 15.3. The Hall–Kier alpha value is -2.14. The fraction of sp³-hybridized carbons (Fsp3) is 0.375. The van der Waals surface area contributed by atoms with E-state index in [1.165, 1.54) is 0 Å². The second-order valence-corrected chi connectivity index (χ2v) is 5.35. The summed E-state index contributed by atoms with van der Waals surface area (Å²) in [5.41, 5.74) is 1.33. The predicted octanol–water partition coefficient (Wildman–Crippen LogP) is 2.39. The average molecular weight is 287 g/mol. The van der Waals surface area contributed by atoms with Crippen LogP contribution in [0.4, 0.5) is 0 Å². The lowest BCUT2D eigenvalue weighted by molar-refractivity contribution is -0.144. The molecule has 0 aliphatic rings. The number of benzene rings is 1. The van der Waals surface area contributed by atoms with Crippen molar-refractivity contribution in [2.75, 3.05) is 7.05 Å². The molecular weight excluding hydrogens is 266 g/mol. The minimum Gasteiger partial charge on any atom is -0.480 e. The molecule has 2 aromatic rings. The second-order valence-electron chi connectivity index (χ2n) is 5.35. The largest absolute Gasteiger partial charge is 0.480 e. The highest BCUT2D eigenvalue weighted by molar-refractivity contribution is 5.78. The van der Waals surface area contributed by atoms with Crippen molar-refractivity contribution in [3.05, 3.63) is 42.7 Å². The van der Waals surface area contributed by atoms with E-state index in [9.17, 15) is 9.90 Å². The van der Waals surface area contributed by atoms with Crippen molar-refractivity contribution in [3.63, 3.8) is 0 Å². The molecular formula is C16H21N3O2. The fourth-order valence-corrected chi connectivity index (χ4v) is 2.20. The minimum atomic E-state index is -0.880. The van der Waals surface area contributed by atoms with E-state index in [1.807, 2.05) is 47.4 Å². The molecule has 1 unspecified atom stereocenters. The van der Waals surface area contributed by atoms with Crippen molar-refractivity contribution in [2.24, 2.45) is 0 Å². The number of carboxylic acid groups (broad SMARTS) is 1. The van der Waals surface area contributed by atoms with Gasteiger partial charge < -0.3 is 10.4 Å². The maximum absolute atomic E-state index is 11.2. The zero-order valence-corrected chi connectivity index (χ0v) is 12.4. The Kier molecular flexibility index (Phi) is 4.75. The minimum absolute atomic E-state index is 0.555. The summed E-state index contributed by atoms with van der Waals surface area (Å²) in [4.78, 5) is 11.2. The maximum Gasteiger partial charge on any atom is 0.323 e. The van der Waals surface area contributed by atoms with Crippen LogP contribution in [0.15, 0.2) is 42.7 Å². The summed E-state index contributed by atoms with van der Waals surface area (Å²) in [5, 5.41) is 16.4. The molecule has 0 spiro atoms. The molecule has 2 N–H and O–H groups in total. The first-order valence-corrected chi connectivity index (χ1v) is 7.05. The number of likely N-dealkylation sites (N-methyl/N-ethyl adjacent to an activating group) is 1. The Morgan fingerprint density at radius 3 is 2.67 bits per heavy atom. The van der Waals surface area contributed by atoms with Gasteiger partial charge in [0.05, 0.1) is 6.20 Å². The lowest BCUT2D eigenvalue weighted by atomic mass is 9.96. The number of nitrogens with one attached hydrogen (secondary N) is 1. The maximum atomic E-state index is 11.2. The smallest absolute Gasteiger partial charge is 0.323 e. The number of rotatable bonds is 7. The highest BCUT2D eigenvalue weighted by Crippen LogP contribution is 2.18.